The Kier molecular flexibility index (Phi) is 5.37. The predicted molar refractivity (Wildman–Crippen MR) is 100 cm³/mol. The molecule has 1 atom stereocenters. The average molecular weight is 380 g/mol. The van der Waals surface area contributed by atoms with Crippen molar-refractivity contribution in [2.24, 2.45) is 0 Å². The highest BCUT2D eigenvalue weighted by Gasteiger charge is 2.34. The number of aryl methyl sites for hydroxylation is 1. The highest BCUT2D eigenvalue weighted by molar-refractivity contribution is 7.91. The van der Waals surface area contributed by atoms with E-state index in [9.17, 15) is 17.6 Å². The quantitative estimate of drug-likeness (QED) is 0.838. The summed E-state index contributed by atoms with van der Waals surface area (Å²) >= 11 is 0. The summed E-state index contributed by atoms with van der Waals surface area (Å²) in [7, 11) is -3.06. The largest absolute Gasteiger partial charge is 0.358 e. The van der Waals surface area contributed by atoms with Gasteiger partial charge in [0.15, 0.2) is 9.84 Å². The van der Waals surface area contributed by atoms with Gasteiger partial charge in [0.25, 0.3) is 0 Å². The molecule has 0 spiro atoms. The van der Waals surface area contributed by atoms with Gasteiger partial charge in [0, 0.05) is 29.2 Å². The maximum absolute atomic E-state index is 13.6. The molecule has 1 aliphatic heterocycles. The molecule has 0 saturated carbocycles. The van der Waals surface area contributed by atoms with E-state index < -0.39 is 9.84 Å². The van der Waals surface area contributed by atoms with Crippen molar-refractivity contribution in [2.75, 3.05) is 18.1 Å². The fraction of sp³-hybridized carbons (Fsp3) is 0.526. The fourth-order valence-corrected chi connectivity index (χ4v) is 5.43. The number of amides is 1. The van der Waals surface area contributed by atoms with E-state index in [-0.39, 0.29) is 35.7 Å². The van der Waals surface area contributed by atoms with Crippen molar-refractivity contribution in [2.45, 2.75) is 45.6 Å². The van der Waals surface area contributed by atoms with Crippen LogP contribution in [0, 0.1) is 12.7 Å². The van der Waals surface area contributed by atoms with Crippen LogP contribution >= 0.6 is 0 Å². The zero-order chi connectivity index (χ0) is 18.9. The molecule has 26 heavy (non-hydrogen) atoms. The zero-order valence-electron chi connectivity index (χ0n) is 15.2. The molecule has 0 bridgehead atoms. The molecule has 1 unspecified atom stereocenters. The molecule has 5 nitrogen and oxygen atoms in total. The molecular formula is C19H25FN2O3S. The smallest absolute Gasteiger partial charge is 0.227 e. The van der Waals surface area contributed by atoms with Crippen LogP contribution < -0.4 is 0 Å². The fourth-order valence-electron chi connectivity index (χ4n) is 3.70. The number of carbonyl (C=O) groups is 1. The van der Waals surface area contributed by atoms with E-state index in [1.165, 1.54) is 12.1 Å². The number of nitrogens with one attached hydrogen (secondary N) is 1. The molecule has 7 heteroatoms. The standard InChI is InChI=1S/C19H25FN2O3S/c1-3-4-8-22(15-7-9-26(24,25)12-15)19(23)11-16-13(2)21-18-6-5-14(20)10-17(16)18/h5-6,10,15,21H,3-4,7-9,11-12H2,1-2H3. The Morgan fingerprint density at radius 1 is 1.38 bits per heavy atom. The Morgan fingerprint density at radius 2 is 2.15 bits per heavy atom. The van der Waals surface area contributed by atoms with Gasteiger partial charge in [0.1, 0.15) is 5.82 Å². The Bertz CT molecular complexity index is 920. The van der Waals surface area contributed by atoms with Crippen LogP contribution in [0.4, 0.5) is 4.39 Å². The van der Waals surface area contributed by atoms with E-state index in [0.29, 0.717) is 18.4 Å². The number of carbonyl (C=O) groups excluding carboxylic acids is 1. The molecular weight excluding hydrogens is 355 g/mol. The van der Waals surface area contributed by atoms with Gasteiger partial charge in [-0.05, 0) is 43.5 Å². The number of H-pyrrole nitrogens is 1. The van der Waals surface area contributed by atoms with Crippen LogP contribution in [0.3, 0.4) is 0 Å². The highest BCUT2D eigenvalue weighted by atomic mass is 32.2. The van der Waals surface area contributed by atoms with Crippen LogP contribution in [0.25, 0.3) is 10.9 Å². The number of nitrogens with zero attached hydrogens (tertiary/aromatic N) is 1. The van der Waals surface area contributed by atoms with E-state index in [2.05, 4.69) is 4.98 Å². The Hall–Kier alpha value is -1.89. The minimum atomic E-state index is -3.06. The summed E-state index contributed by atoms with van der Waals surface area (Å²) in [6, 6.07) is 4.25. The van der Waals surface area contributed by atoms with Crippen molar-refractivity contribution in [3.8, 4) is 0 Å². The van der Waals surface area contributed by atoms with Crippen molar-refractivity contribution >= 4 is 26.6 Å². The lowest BCUT2D eigenvalue weighted by Gasteiger charge is -2.28. The molecule has 142 valence electrons. The summed E-state index contributed by atoms with van der Waals surface area (Å²) < 4.78 is 37.3. The van der Waals surface area contributed by atoms with Crippen molar-refractivity contribution in [3.05, 3.63) is 35.3 Å². The summed E-state index contributed by atoms with van der Waals surface area (Å²) in [5, 5.41) is 0.713. The predicted octanol–water partition coefficient (Wildman–Crippen LogP) is 2.97. The second-order valence-electron chi connectivity index (χ2n) is 7.09. The van der Waals surface area contributed by atoms with Crippen LogP contribution in [0.15, 0.2) is 18.2 Å². The summed E-state index contributed by atoms with van der Waals surface area (Å²) in [5.41, 5.74) is 2.43. The van der Waals surface area contributed by atoms with Gasteiger partial charge in [0.05, 0.1) is 17.9 Å². The van der Waals surface area contributed by atoms with Crippen LogP contribution in [0.1, 0.15) is 37.4 Å². The van der Waals surface area contributed by atoms with Crippen molar-refractivity contribution in [1.82, 2.24) is 9.88 Å². The Labute approximate surface area is 153 Å². The second-order valence-corrected chi connectivity index (χ2v) is 9.32. The van der Waals surface area contributed by atoms with Gasteiger partial charge < -0.3 is 9.88 Å². The molecule has 0 aliphatic carbocycles. The first-order chi connectivity index (χ1) is 12.3. The number of rotatable bonds is 6. The minimum Gasteiger partial charge on any atom is -0.358 e. The molecule has 1 amide bonds. The Balaban J connectivity index is 1.86. The molecule has 1 aromatic heterocycles. The van der Waals surface area contributed by atoms with E-state index in [1.54, 1.807) is 11.0 Å². The van der Waals surface area contributed by atoms with E-state index in [0.717, 1.165) is 29.6 Å². The summed E-state index contributed by atoms with van der Waals surface area (Å²) in [6.07, 6.45) is 2.42. The van der Waals surface area contributed by atoms with Gasteiger partial charge in [-0.1, -0.05) is 13.3 Å². The third kappa shape index (κ3) is 3.92. The van der Waals surface area contributed by atoms with Gasteiger partial charge in [-0.3, -0.25) is 4.79 Å². The van der Waals surface area contributed by atoms with E-state index >= 15 is 0 Å². The molecule has 0 radical (unpaired) electrons. The SMILES string of the molecule is CCCCN(C(=O)Cc1c(C)[nH]c2ccc(F)cc12)C1CCS(=O)(=O)C1. The first kappa shape index (κ1) is 18.9. The molecule has 2 aromatic rings. The number of fused-ring (bicyclic) bond motifs is 1. The first-order valence-corrected chi connectivity index (χ1v) is 10.9. The zero-order valence-corrected chi connectivity index (χ0v) is 16.0. The third-order valence-electron chi connectivity index (χ3n) is 5.13. The van der Waals surface area contributed by atoms with Crippen LogP contribution in [-0.2, 0) is 21.1 Å². The van der Waals surface area contributed by atoms with Gasteiger partial charge in [-0.25, -0.2) is 12.8 Å². The Morgan fingerprint density at radius 3 is 2.81 bits per heavy atom. The van der Waals surface area contributed by atoms with Gasteiger partial charge >= 0.3 is 0 Å². The van der Waals surface area contributed by atoms with Crippen LogP contribution in [-0.4, -0.2) is 48.3 Å². The number of sulfone groups is 1. The minimum absolute atomic E-state index is 0.0456. The van der Waals surface area contributed by atoms with Crippen molar-refractivity contribution in [3.63, 3.8) is 0 Å². The normalized spacial score (nSPS) is 19.1. The molecule has 3 rings (SSSR count). The lowest BCUT2D eigenvalue weighted by Crippen LogP contribution is -2.42. The number of aromatic nitrogens is 1. The van der Waals surface area contributed by atoms with E-state index in [4.69, 9.17) is 0 Å². The number of benzene rings is 1. The first-order valence-electron chi connectivity index (χ1n) is 9.07. The lowest BCUT2D eigenvalue weighted by molar-refractivity contribution is -0.132. The highest BCUT2D eigenvalue weighted by Crippen LogP contribution is 2.25. The summed E-state index contributed by atoms with van der Waals surface area (Å²) in [6.45, 7) is 4.48. The van der Waals surface area contributed by atoms with Crippen LogP contribution in [0.5, 0.6) is 0 Å². The number of unbranched alkanes of at least 4 members (excludes halogenated alkanes) is 1. The summed E-state index contributed by atoms with van der Waals surface area (Å²) in [5.74, 6) is -0.238. The van der Waals surface area contributed by atoms with Crippen molar-refractivity contribution in [1.29, 1.82) is 0 Å². The average Bonchev–Trinajstić information content (AvgIpc) is 3.08. The number of halogens is 1. The topological polar surface area (TPSA) is 70.2 Å². The third-order valence-corrected chi connectivity index (χ3v) is 6.88. The maximum atomic E-state index is 13.6. The molecule has 2 heterocycles. The van der Waals surface area contributed by atoms with E-state index in [1.807, 2.05) is 13.8 Å². The van der Waals surface area contributed by atoms with Crippen molar-refractivity contribution < 1.29 is 17.6 Å². The molecule has 1 aliphatic rings. The lowest BCUT2D eigenvalue weighted by atomic mass is 10.1. The molecule has 1 fully saturated rings. The van der Waals surface area contributed by atoms with Gasteiger partial charge in [-0.2, -0.15) is 0 Å². The summed E-state index contributed by atoms with van der Waals surface area (Å²) in [4.78, 5) is 17.9. The molecule has 1 saturated heterocycles. The van der Waals surface area contributed by atoms with Crippen LogP contribution in [0.2, 0.25) is 0 Å². The molecule has 1 aromatic carbocycles. The second kappa shape index (κ2) is 7.39. The number of hydrogen-bond donors (Lipinski definition) is 1. The number of aromatic amines is 1. The maximum Gasteiger partial charge on any atom is 0.227 e. The van der Waals surface area contributed by atoms with Gasteiger partial charge in [0.2, 0.25) is 5.91 Å². The van der Waals surface area contributed by atoms with Gasteiger partial charge in [-0.15, -0.1) is 0 Å². The monoisotopic (exact) mass is 380 g/mol. The number of hydrogen-bond acceptors (Lipinski definition) is 3. The molecule has 1 N–H and O–H groups in total.